The summed E-state index contributed by atoms with van der Waals surface area (Å²) >= 11 is 0. The molecule has 1 aliphatic carbocycles. The van der Waals surface area contributed by atoms with Gasteiger partial charge in [-0.3, -0.25) is 5.32 Å². The van der Waals surface area contributed by atoms with Crippen molar-refractivity contribution in [1.29, 1.82) is 0 Å². The first-order chi connectivity index (χ1) is 10.3. The molecule has 2 aromatic rings. The van der Waals surface area contributed by atoms with Crippen LogP contribution in [0.2, 0.25) is 0 Å². The second-order valence-corrected chi connectivity index (χ2v) is 6.52. The Bertz CT molecular complexity index is 744. The first-order valence-corrected chi connectivity index (χ1v) is 7.27. The summed E-state index contributed by atoms with van der Waals surface area (Å²) in [5, 5.41) is 12.3. The fraction of sp³-hybridized carbons (Fsp3) is 0.278. The first kappa shape index (κ1) is 14.4. The number of aromatic hydroxyl groups is 1. The second kappa shape index (κ2) is 5.05. The molecule has 4 heteroatoms. The van der Waals surface area contributed by atoms with Crippen molar-refractivity contribution in [3.05, 3.63) is 47.5 Å². The van der Waals surface area contributed by atoms with Gasteiger partial charge in [-0.15, -0.1) is 0 Å². The standard InChI is InChI=1S/C18H19NO3/c1-18(2,3)22-17(21)19-13-4-6-15-11(9-13)8-12-10-14(20)5-7-16(12)15/h4-7,9-10,20H,8H2,1-3H3,(H,19,21). The van der Waals surface area contributed by atoms with Crippen LogP contribution in [0.4, 0.5) is 10.5 Å². The van der Waals surface area contributed by atoms with Gasteiger partial charge in [-0.1, -0.05) is 12.1 Å². The Morgan fingerprint density at radius 3 is 2.41 bits per heavy atom. The molecule has 0 saturated heterocycles. The van der Waals surface area contributed by atoms with E-state index in [2.05, 4.69) is 5.32 Å². The fourth-order valence-electron chi connectivity index (χ4n) is 2.70. The SMILES string of the molecule is CC(C)(C)OC(=O)Nc1ccc2c(c1)Cc1cc(O)ccc1-2. The largest absolute Gasteiger partial charge is 0.508 e. The summed E-state index contributed by atoms with van der Waals surface area (Å²) in [6.45, 7) is 5.50. The number of amides is 1. The molecule has 22 heavy (non-hydrogen) atoms. The number of hydrogen-bond donors (Lipinski definition) is 2. The highest BCUT2D eigenvalue weighted by atomic mass is 16.6. The van der Waals surface area contributed by atoms with Gasteiger partial charge in [0, 0.05) is 5.69 Å². The highest BCUT2D eigenvalue weighted by Gasteiger charge is 2.20. The highest BCUT2D eigenvalue weighted by Crippen LogP contribution is 2.39. The van der Waals surface area contributed by atoms with Gasteiger partial charge < -0.3 is 9.84 Å². The first-order valence-electron chi connectivity index (χ1n) is 7.27. The van der Waals surface area contributed by atoms with Gasteiger partial charge in [0.2, 0.25) is 0 Å². The van der Waals surface area contributed by atoms with Crippen LogP contribution in [0.1, 0.15) is 31.9 Å². The molecule has 0 unspecified atom stereocenters. The molecule has 0 spiro atoms. The normalized spacial score (nSPS) is 12.5. The maximum absolute atomic E-state index is 11.8. The Morgan fingerprint density at radius 2 is 1.73 bits per heavy atom. The molecule has 0 atom stereocenters. The number of carbonyl (C=O) groups is 1. The molecule has 0 aliphatic heterocycles. The third kappa shape index (κ3) is 2.91. The maximum Gasteiger partial charge on any atom is 0.412 e. The van der Waals surface area contributed by atoms with E-state index in [-0.39, 0.29) is 5.75 Å². The predicted octanol–water partition coefficient (Wildman–Crippen LogP) is 4.31. The lowest BCUT2D eigenvalue weighted by molar-refractivity contribution is 0.0636. The molecule has 1 aliphatic rings. The monoisotopic (exact) mass is 297 g/mol. The second-order valence-electron chi connectivity index (χ2n) is 6.52. The van der Waals surface area contributed by atoms with Crippen molar-refractivity contribution in [3.63, 3.8) is 0 Å². The minimum atomic E-state index is -0.519. The van der Waals surface area contributed by atoms with E-state index < -0.39 is 11.7 Å². The lowest BCUT2D eigenvalue weighted by Crippen LogP contribution is -2.27. The van der Waals surface area contributed by atoms with Crippen LogP contribution < -0.4 is 5.32 Å². The van der Waals surface area contributed by atoms with Crippen molar-refractivity contribution in [2.24, 2.45) is 0 Å². The van der Waals surface area contributed by atoms with Crippen molar-refractivity contribution in [3.8, 4) is 16.9 Å². The zero-order chi connectivity index (χ0) is 15.9. The van der Waals surface area contributed by atoms with E-state index in [4.69, 9.17) is 4.74 Å². The van der Waals surface area contributed by atoms with E-state index in [9.17, 15) is 9.90 Å². The van der Waals surface area contributed by atoms with Gasteiger partial charge in [-0.25, -0.2) is 4.79 Å². The highest BCUT2D eigenvalue weighted by molar-refractivity contribution is 5.87. The molecule has 114 valence electrons. The number of benzene rings is 2. The quantitative estimate of drug-likeness (QED) is 0.703. The van der Waals surface area contributed by atoms with Crippen LogP contribution in [0.25, 0.3) is 11.1 Å². The Morgan fingerprint density at radius 1 is 1.09 bits per heavy atom. The van der Waals surface area contributed by atoms with Crippen LogP contribution >= 0.6 is 0 Å². The molecule has 2 aromatic carbocycles. The van der Waals surface area contributed by atoms with Crippen molar-refractivity contribution in [2.75, 3.05) is 5.32 Å². The number of nitrogens with one attached hydrogen (secondary N) is 1. The predicted molar refractivity (Wildman–Crippen MR) is 86.2 cm³/mol. The summed E-state index contributed by atoms with van der Waals surface area (Å²) in [5.74, 6) is 0.277. The molecule has 4 nitrogen and oxygen atoms in total. The van der Waals surface area contributed by atoms with Crippen molar-refractivity contribution >= 4 is 11.8 Å². The van der Waals surface area contributed by atoms with Gasteiger partial charge in [0.15, 0.2) is 0 Å². The minimum Gasteiger partial charge on any atom is -0.508 e. The Kier molecular flexibility index (Phi) is 3.32. The number of anilines is 1. The van der Waals surface area contributed by atoms with Crippen LogP contribution in [-0.4, -0.2) is 16.8 Å². The molecule has 0 heterocycles. The zero-order valence-electron chi connectivity index (χ0n) is 12.9. The Balaban J connectivity index is 1.81. The summed E-state index contributed by atoms with van der Waals surface area (Å²) in [5.41, 5.74) is 4.71. The van der Waals surface area contributed by atoms with Gasteiger partial charge in [0.05, 0.1) is 0 Å². The number of phenolic OH excluding ortho intramolecular Hbond substituents is 1. The van der Waals surface area contributed by atoms with Gasteiger partial charge in [0.25, 0.3) is 0 Å². The third-order valence-electron chi connectivity index (χ3n) is 3.51. The topological polar surface area (TPSA) is 58.6 Å². The van der Waals surface area contributed by atoms with E-state index in [1.54, 1.807) is 12.1 Å². The molecule has 0 radical (unpaired) electrons. The Labute approximate surface area is 129 Å². The van der Waals surface area contributed by atoms with Crippen molar-refractivity contribution in [2.45, 2.75) is 32.8 Å². The van der Waals surface area contributed by atoms with Gasteiger partial charge in [0.1, 0.15) is 11.4 Å². The van der Waals surface area contributed by atoms with E-state index >= 15 is 0 Å². The maximum atomic E-state index is 11.8. The molecule has 1 amide bonds. The van der Waals surface area contributed by atoms with Gasteiger partial charge in [-0.05, 0) is 73.7 Å². The zero-order valence-corrected chi connectivity index (χ0v) is 12.9. The lowest BCUT2D eigenvalue weighted by atomic mass is 10.1. The number of carbonyl (C=O) groups excluding carboxylic acids is 1. The number of fused-ring (bicyclic) bond motifs is 3. The smallest absolute Gasteiger partial charge is 0.412 e. The summed E-state index contributed by atoms with van der Waals surface area (Å²) in [7, 11) is 0. The van der Waals surface area contributed by atoms with E-state index in [0.717, 1.165) is 28.7 Å². The third-order valence-corrected chi connectivity index (χ3v) is 3.51. The van der Waals surface area contributed by atoms with Crippen LogP contribution in [0.3, 0.4) is 0 Å². The molecule has 0 saturated carbocycles. The molecular weight excluding hydrogens is 278 g/mol. The average molecular weight is 297 g/mol. The lowest BCUT2D eigenvalue weighted by Gasteiger charge is -2.19. The van der Waals surface area contributed by atoms with Crippen LogP contribution in [0, 0.1) is 0 Å². The van der Waals surface area contributed by atoms with Crippen LogP contribution in [0.5, 0.6) is 5.75 Å². The summed E-state index contributed by atoms with van der Waals surface area (Å²) < 4.78 is 5.26. The number of phenols is 1. The van der Waals surface area contributed by atoms with Gasteiger partial charge >= 0.3 is 6.09 Å². The van der Waals surface area contributed by atoms with E-state index in [1.807, 2.05) is 45.0 Å². The molecule has 3 rings (SSSR count). The molecule has 0 aromatic heterocycles. The van der Waals surface area contributed by atoms with Crippen LogP contribution in [-0.2, 0) is 11.2 Å². The number of hydrogen-bond acceptors (Lipinski definition) is 3. The minimum absolute atomic E-state index is 0.277. The molecule has 0 bridgehead atoms. The summed E-state index contributed by atoms with van der Waals surface area (Å²) in [6.07, 6.45) is 0.295. The van der Waals surface area contributed by atoms with Crippen molar-refractivity contribution in [1.82, 2.24) is 0 Å². The number of rotatable bonds is 1. The fourth-order valence-corrected chi connectivity index (χ4v) is 2.70. The molecule has 0 fully saturated rings. The number of ether oxygens (including phenoxy) is 1. The van der Waals surface area contributed by atoms with Gasteiger partial charge in [-0.2, -0.15) is 0 Å². The molecular formula is C18H19NO3. The van der Waals surface area contributed by atoms with Crippen molar-refractivity contribution < 1.29 is 14.6 Å². The summed E-state index contributed by atoms with van der Waals surface area (Å²) in [4.78, 5) is 11.8. The average Bonchev–Trinajstić information content (AvgIpc) is 2.72. The van der Waals surface area contributed by atoms with E-state index in [0.29, 0.717) is 5.69 Å². The van der Waals surface area contributed by atoms with E-state index in [1.165, 1.54) is 0 Å². The molecule has 2 N–H and O–H groups in total. The van der Waals surface area contributed by atoms with Crippen LogP contribution in [0.15, 0.2) is 36.4 Å². The Hall–Kier alpha value is -2.49. The summed E-state index contributed by atoms with van der Waals surface area (Å²) in [6, 6.07) is 11.2.